The molecule has 130 valence electrons. The number of benzene rings is 1. The molecule has 0 radical (unpaired) electrons. The first-order valence-electron chi connectivity index (χ1n) is 7.78. The highest BCUT2D eigenvalue weighted by Gasteiger charge is 2.49. The fourth-order valence-corrected chi connectivity index (χ4v) is 2.57. The zero-order valence-electron chi connectivity index (χ0n) is 14.0. The average molecular weight is 350 g/mol. The summed E-state index contributed by atoms with van der Waals surface area (Å²) in [5.41, 5.74) is 2.16. The summed E-state index contributed by atoms with van der Waals surface area (Å²) in [4.78, 5) is 24.9. The Hall–Kier alpha value is -2.35. The van der Waals surface area contributed by atoms with Crippen LogP contribution in [0.5, 0.6) is 5.75 Å². The SMILES string of the molecule is CCCCNC(=S)NN1C(=O)N[C@](C)(c2ccc(OC)cc2)C1=O. The molecule has 0 saturated carbocycles. The van der Waals surface area contributed by atoms with Crippen molar-refractivity contribution < 1.29 is 14.3 Å². The van der Waals surface area contributed by atoms with E-state index in [-0.39, 0.29) is 5.11 Å². The van der Waals surface area contributed by atoms with Crippen molar-refractivity contribution in [2.24, 2.45) is 0 Å². The van der Waals surface area contributed by atoms with E-state index in [4.69, 9.17) is 17.0 Å². The molecule has 1 fully saturated rings. The normalized spacial score (nSPS) is 19.9. The number of hydrazine groups is 1. The molecule has 3 amide bonds. The molecule has 3 N–H and O–H groups in total. The first kappa shape index (κ1) is 18.0. The standard InChI is InChI=1S/C16H22N4O3S/c1-4-5-10-17-14(24)19-20-13(21)16(2,18-15(20)22)11-6-8-12(23-3)9-7-11/h6-9H,4-5,10H2,1-3H3,(H,18,22)(H2,17,19,24)/t16-/m1/s1. The maximum atomic E-state index is 12.7. The van der Waals surface area contributed by atoms with Crippen molar-refractivity contribution in [3.63, 3.8) is 0 Å². The van der Waals surface area contributed by atoms with E-state index in [0.717, 1.165) is 17.9 Å². The van der Waals surface area contributed by atoms with E-state index in [0.29, 0.717) is 17.9 Å². The van der Waals surface area contributed by atoms with Crippen LogP contribution in [0.4, 0.5) is 4.79 Å². The quantitative estimate of drug-likeness (QED) is 0.411. The van der Waals surface area contributed by atoms with Crippen LogP contribution in [0, 0.1) is 0 Å². The van der Waals surface area contributed by atoms with Gasteiger partial charge in [-0.1, -0.05) is 25.5 Å². The van der Waals surface area contributed by atoms with Crippen molar-refractivity contribution in [1.82, 2.24) is 21.1 Å². The van der Waals surface area contributed by atoms with Gasteiger partial charge in [0.15, 0.2) is 5.11 Å². The van der Waals surface area contributed by atoms with Gasteiger partial charge in [-0.25, -0.2) is 4.79 Å². The predicted molar refractivity (Wildman–Crippen MR) is 94.4 cm³/mol. The van der Waals surface area contributed by atoms with Crippen LogP contribution in [0.15, 0.2) is 24.3 Å². The van der Waals surface area contributed by atoms with E-state index < -0.39 is 17.5 Å². The number of nitrogens with zero attached hydrogens (tertiary/aromatic N) is 1. The number of hydrogen-bond acceptors (Lipinski definition) is 4. The number of unbranched alkanes of at least 4 members (excludes halogenated alkanes) is 1. The third-order valence-electron chi connectivity index (χ3n) is 3.89. The zero-order chi connectivity index (χ0) is 17.7. The molecule has 8 heteroatoms. The molecule has 1 aliphatic heterocycles. The number of rotatable bonds is 6. The maximum absolute atomic E-state index is 12.7. The summed E-state index contributed by atoms with van der Waals surface area (Å²) in [6, 6.07) is 6.44. The fraction of sp³-hybridized carbons (Fsp3) is 0.438. The molecule has 1 heterocycles. The lowest BCUT2D eigenvalue weighted by molar-refractivity contribution is -0.132. The Kier molecular flexibility index (Phi) is 5.61. The summed E-state index contributed by atoms with van der Waals surface area (Å²) in [6.45, 7) is 4.40. The van der Waals surface area contributed by atoms with E-state index in [1.54, 1.807) is 38.3 Å². The second-order valence-corrected chi connectivity index (χ2v) is 6.05. The van der Waals surface area contributed by atoms with Gasteiger partial charge in [0, 0.05) is 6.54 Å². The monoisotopic (exact) mass is 350 g/mol. The van der Waals surface area contributed by atoms with Gasteiger partial charge in [0.2, 0.25) is 0 Å². The van der Waals surface area contributed by atoms with Crippen LogP contribution in [0.3, 0.4) is 0 Å². The Morgan fingerprint density at radius 1 is 1.33 bits per heavy atom. The van der Waals surface area contributed by atoms with Crippen LogP contribution in [-0.4, -0.2) is 35.7 Å². The summed E-state index contributed by atoms with van der Waals surface area (Å²) in [7, 11) is 1.57. The molecular weight excluding hydrogens is 328 g/mol. The Morgan fingerprint density at radius 3 is 2.58 bits per heavy atom. The van der Waals surface area contributed by atoms with Crippen LogP contribution in [0.2, 0.25) is 0 Å². The predicted octanol–water partition coefficient (Wildman–Crippen LogP) is 1.64. The van der Waals surface area contributed by atoms with E-state index in [2.05, 4.69) is 23.0 Å². The molecule has 7 nitrogen and oxygen atoms in total. The number of urea groups is 1. The van der Waals surface area contributed by atoms with Gasteiger partial charge in [0.25, 0.3) is 5.91 Å². The first-order valence-corrected chi connectivity index (χ1v) is 8.19. The number of carbonyl (C=O) groups is 2. The lowest BCUT2D eigenvalue weighted by Gasteiger charge is -2.23. The summed E-state index contributed by atoms with van der Waals surface area (Å²) in [5.74, 6) is 0.257. The molecule has 0 aliphatic carbocycles. The molecule has 1 saturated heterocycles. The summed E-state index contributed by atoms with van der Waals surface area (Å²) in [6.07, 6.45) is 1.97. The zero-order valence-corrected chi connectivity index (χ0v) is 14.8. The lowest BCUT2D eigenvalue weighted by atomic mass is 9.92. The number of imide groups is 1. The fourth-order valence-electron chi connectivity index (χ4n) is 2.38. The van der Waals surface area contributed by atoms with Gasteiger partial charge in [-0.05, 0) is 43.3 Å². The molecule has 24 heavy (non-hydrogen) atoms. The Morgan fingerprint density at radius 2 is 2.00 bits per heavy atom. The van der Waals surface area contributed by atoms with Crippen LogP contribution in [0.25, 0.3) is 0 Å². The minimum Gasteiger partial charge on any atom is -0.497 e. The Bertz CT molecular complexity index is 635. The lowest BCUT2D eigenvalue weighted by Crippen LogP contribution is -2.51. The van der Waals surface area contributed by atoms with Crippen LogP contribution >= 0.6 is 12.2 Å². The van der Waals surface area contributed by atoms with Crippen molar-refractivity contribution >= 4 is 29.3 Å². The van der Waals surface area contributed by atoms with Crippen molar-refractivity contribution in [3.8, 4) is 5.75 Å². The molecule has 1 aromatic carbocycles. The van der Waals surface area contributed by atoms with Crippen molar-refractivity contribution in [2.75, 3.05) is 13.7 Å². The molecule has 0 spiro atoms. The maximum Gasteiger partial charge on any atom is 0.344 e. The smallest absolute Gasteiger partial charge is 0.344 e. The van der Waals surface area contributed by atoms with Gasteiger partial charge in [-0.3, -0.25) is 10.2 Å². The highest BCUT2D eigenvalue weighted by molar-refractivity contribution is 7.80. The molecular formula is C16H22N4O3S. The minimum absolute atomic E-state index is 0.242. The van der Waals surface area contributed by atoms with Gasteiger partial charge in [0.1, 0.15) is 11.3 Å². The first-order chi connectivity index (χ1) is 11.4. The third-order valence-corrected chi connectivity index (χ3v) is 4.12. The number of ether oxygens (including phenoxy) is 1. The second kappa shape index (κ2) is 7.48. The van der Waals surface area contributed by atoms with Crippen LogP contribution in [0.1, 0.15) is 32.3 Å². The van der Waals surface area contributed by atoms with Gasteiger partial charge >= 0.3 is 6.03 Å². The molecule has 1 aromatic rings. The molecule has 0 bridgehead atoms. The van der Waals surface area contributed by atoms with Crippen LogP contribution < -0.4 is 20.8 Å². The number of amides is 3. The summed E-state index contributed by atoms with van der Waals surface area (Å²) in [5, 5.41) is 6.82. The van der Waals surface area contributed by atoms with E-state index >= 15 is 0 Å². The van der Waals surface area contributed by atoms with Crippen molar-refractivity contribution in [3.05, 3.63) is 29.8 Å². The largest absolute Gasteiger partial charge is 0.497 e. The molecule has 1 atom stereocenters. The number of methoxy groups -OCH3 is 1. The summed E-state index contributed by atoms with van der Waals surface area (Å²) < 4.78 is 5.11. The Labute approximate surface area is 146 Å². The Balaban J connectivity index is 2.10. The molecule has 2 rings (SSSR count). The van der Waals surface area contributed by atoms with Gasteiger partial charge in [-0.15, -0.1) is 0 Å². The molecule has 0 unspecified atom stereocenters. The molecule has 1 aliphatic rings. The topological polar surface area (TPSA) is 82.7 Å². The van der Waals surface area contributed by atoms with Crippen molar-refractivity contribution in [2.45, 2.75) is 32.2 Å². The number of hydrogen-bond donors (Lipinski definition) is 3. The van der Waals surface area contributed by atoms with E-state index in [1.807, 2.05) is 0 Å². The third kappa shape index (κ3) is 3.59. The molecule has 0 aromatic heterocycles. The number of carbonyl (C=O) groups excluding carboxylic acids is 2. The van der Waals surface area contributed by atoms with Crippen LogP contribution in [-0.2, 0) is 10.3 Å². The van der Waals surface area contributed by atoms with Gasteiger partial charge < -0.3 is 15.4 Å². The average Bonchev–Trinajstić information content (AvgIpc) is 2.79. The van der Waals surface area contributed by atoms with E-state index in [1.165, 1.54) is 0 Å². The minimum atomic E-state index is -1.16. The number of thiocarbonyl (C=S) groups is 1. The highest BCUT2D eigenvalue weighted by atomic mass is 32.1. The van der Waals surface area contributed by atoms with Crippen molar-refractivity contribution in [1.29, 1.82) is 0 Å². The second-order valence-electron chi connectivity index (χ2n) is 5.65. The van der Waals surface area contributed by atoms with Gasteiger partial charge in [0.05, 0.1) is 7.11 Å². The summed E-state index contributed by atoms with van der Waals surface area (Å²) >= 11 is 5.12. The van der Waals surface area contributed by atoms with E-state index in [9.17, 15) is 9.59 Å². The highest BCUT2D eigenvalue weighted by Crippen LogP contribution is 2.29. The number of nitrogens with one attached hydrogen (secondary N) is 3. The van der Waals surface area contributed by atoms with Gasteiger partial charge in [-0.2, -0.15) is 5.01 Å².